The minimum absolute atomic E-state index is 0.719. The van der Waals surface area contributed by atoms with Crippen molar-refractivity contribution < 1.29 is 4.42 Å². The largest absolute Gasteiger partial charge is 0.460 e. The van der Waals surface area contributed by atoms with Gasteiger partial charge in [-0.15, -0.1) is 0 Å². The Kier molecular flexibility index (Phi) is 3.04. The first kappa shape index (κ1) is 11.1. The topological polar surface area (TPSA) is 25.2 Å². The molecule has 0 saturated heterocycles. The number of hydrogen-bond acceptors (Lipinski definition) is 2. The van der Waals surface area contributed by atoms with E-state index in [1.54, 1.807) is 0 Å². The summed E-state index contributed by atoms with van der Waals surface area (Å²) >= 11 is 3.43. The molecule has 1 fully saturated rings. The molecule has 1 aromatic heterocycles. The second-order valence-electron chi connectivity index (χ2n) is 4.43. The van der Waals surface area contributed by atoms with Crippen LogP contribution < -0.4 is 5.32 Å². The Labute approximate surface area is 109 Å². The van der Waals surface area contributed by atoms with E-state index in [0.717, 1.165) is 34.1 Å². The van der Waals surface area contributed by atoms with Gasteiger partial charge in [0.2, 0.25) is 0 Å². The van der Waals surface area contributed by atoms with Gasteiger partial charge in [-0.3, -0.25) is 0 Å². The Bertz CT molecular complexity index is 499. The summed E-state index contributed by atoms with van der Waals surface area (Å²) < 4.78 is 6.90. The monoisotopic (exact) mass is 291 g/mol. The van der Waals surface area contributed by atoms with E-state index in [1.165, 1.54) is 12.8 Å². The van der Waals surface area contributed by atoms with Crippen molar-refractivity contribution in [2.75, 3.05) is 0 Å². The van der Waals surface area contributed by atoms with Gasteiger partial charge in [0.25, 0.3) is 0 Å². The van der Waals surface area contributed by atoms with Crippen molar-refractivity contribution in [3.63, 3.8) is 0 Å². The first-order valence-electron chi connectivity index (χ1n) is 5.89. The quantitative estimate of drug-likeness (QED) is 0.922. The number of nitrogens with one attached hydrogen (secondary N) is 1. The van der Waals surface area contributed by atoms with Crippen LogP contribution in [0.1, 0.15) is 18.6 Å². The van der Waals surface area contributed by atoms with Gasteiger partial charge in [-0.2, -0.15) is 0 Å². The molecule has 0 bridgehead atoms. The van der Waals surface area contributed by atoms with Gasteiger partial charge in [-0.1, -0.05) is 28.1 Å². The molecule has 3 heteroatoms. The number of furan rings is 1. The first-order chi connectivity index (χ1) is 8.31. The summed E-state index contributed by atoms with van der Waals surface area (Å²) in [4.78, 5) is 0. The summed E-state index contributed by atoms with van der Waals surface area (Å²) in [5, 5.41) is 3.45. The molecule has 88 valence electrons. The maximum Gasteiger partial charge on any atom is 0.134 e. The number of rotatable bonds is 4. The van der Waals surface area contributed by atoms with Crippen molar-refractivity contribution in [3.05, 3.63) is 46.6 Å². The molecule has 1 aliphatic carbocycles. The Hall–Kier alpha value is -1.06. The van der Waals surface area contributed by atoms with Crippen LogP contribution in [0.5, 0.6) is 0 Å². The van der Waals surface area contributed by atoms with E-state index in [0.29, 0.717) is 0 Å². The summed E-state index contributed by atoms with van der Waals surface area (Å²) in [5.41, 5.74) is 1.12. The van der Waals surface area contributed by atoms with Gasteiger partial charge >= 0.3 is 0 Å². The standard InChI is InChI=1S/C14H14BrNO/c15-11-3-1-10(2-4-11)14-8-7-13(17-14)9-16-12-5-6-12/h1-4,7-8,12,16H,5-6,9H2. The van der Waals surface area contributed by atoms with Crippen molar-refractivity contribution >= 4 is 15.9 Å². The molecule has 1 saturated carbocycles. The molecule has 17 heavy (non-hydrogen) atoms. The third-order valence-corrected chi connectivity index (χ3v) is 3.46. The molecule has 1 heterocycles. The van der Waals surface area contributed by atoms with Gasteiger partial charge in [-0.05, 0) is 37.1 Å². The highest BCUT2D eigenvalue weighted by Crippen LogP contribution is 2.25. The van der Waals surface area contributed by atoms with E-state index >= 15 is 0 Å². The molecule has 2 nitrogen and oxygen atoms in total. The zero-order valence-corrected chi connectivity index (χ0v) is 11.0. The molecular weight excluding hydrogens is 278 g/mol. The summed E-state index contributed by atoms with van der Waals surface area (Å²) in [6, 6.07) is 13.0. The summed E-state index contributed by atoms with van der Waals surface area (Å²) in [5.74, 6) is 1.94. The molecule has 3 rings (SSSR count). The second kappa shape index (κ2) is 4.67. The van der Waals surface area contributed by atoms with E-state index in [4.69, 9.17) is 4.42 Å². The van der Waals surface area contributed by atoms with Crippen molar-refractivity contribution in [1.82, 2.24) is 5.32 Å². The van der Waals surface area contributed by atoms with E-state index in [2.05, 4.69) is 33.4 Å². The van der Waals surface area contributed by atoms with Crippen LogP contribution in [0.25, 0.3) is 11.3 Å². The maximum atomic E-state index is 5.81. The van der Waals surface area contributed by atoms with Crippen molar-refractivity contribution in [3.8, 4) is 11.3 Å². The third-order valence-electron chi connectivity index (χ3n) is 2.93. The molecule has 0 spiro atoms. The van der Waals surface area contributed by atoms with Crippen LogP contribution in [-0.2, 0) is 6.54 Å². The highest BCUT2D eigenvalue weighted by atomic mass is 79.9. The Balaban J connectivity index is 1.72. The third kappa shape index (κ3) is 2.79. The van der Waals surface area contributed by atoms with Crippen LogP contribution in [0.3, 0.4) is 0 Å². The van der Waals surface area contributed by atoms with Gasteiger partial charge < -0.3 is 9.73 Å². The lowest BCUT2D eigenvalue weighted by molar-refractivity contribution is 0.492. The predicted octanol–water partition coefficient (Wildman–Crippen LogP) is 3.96. The van der Waals surface area contributed by atoms with E-state index in [1.807, 2.05) is 24.3 Å². The first-order valence-corrected chi connectivity index (χ1v) is 6.68. The Morgan fingerprint density at radius 1 is 1.12 bits per heavy atom. The van der Waals surface area contributed by atoms with Gasteiger partial charge in [0, 0.05) is 16.1 Å². The number of hydrogen-bond donors (Lipinski definition) is 1. The molecule has 1 aliphatic rings. The van der Waals surface area contributed by atoms with E-state index in [9.17, 15) is 0 Å². The molecular formula is C14H14BrNO. The second-order valence-corrected chi connectivity index (χ2v) is 5.34. The molecule has 0 atom stereocenters. The van der Waals surface area contributed by atoms with Crippen molar-refractivity contribution in [2.45, 2.75) is 25.4 Å². The lowest BCUT2D eigenvalue weighted by Gasteiger charge is -1.99. The van der Waals surface area contributed by atoms with Crippen LogP contribution in [0.15, 0.2) is 45.3 Å². The van der Waals surface area contributed by atoms with Crippen LogP contribution in [0.2, 0.25) is 0 Å². The number of halogens is 1. The van der Waals surface area contributed by atoms with Crippen molar-refractivity contribution in [2.24, 2.45) is 0 Å². The molecule has 1 N–H and O–H groups in total. The maximum absolute atomic E-state index is 5.81. The Morgan fingerprint density at radius 2 is 1.88 bits per heavy atom. The molecule has 0 amide bonds. The smallest absolute Gasteiger partial charge is 0.134 e. The van der Waals surface area contributed by atoms with Crippen LogP contribution in [0.4, 0.5) is 0 Å². The zero-order chi connectivity index (χ0) is 11.7. The fourth-order valence-corrected chi connectivity index (χ4v) is 2.04. The lowest BCUT2D eigenvalue weighted by Crippen LogP contribution is -2.14. The van der Waals surface area contributed by atoms with Gasteiger partial charge in [0.1, 0.15) is 11.5 Å². The summed E-state index contributed by atoms with van der Waals surface area (Å²) in [6.45, 7) is 0.835. The molecule has 0 radical (unpaired) electrons. The molecule has 0 unspecified atom stereocenters. The average molecular weight is 292 g/mol. The van der Waals surface area contributed by atoms with Crippen LogP contribution in [-0.4, -0.2) is 6.04 Å². The number of benzene rings is 1. The van der Waals surface area contributed by atoms with E-state index < -0.39 is 0 Å². The van der Waals surface area contributed by atoms with Crippen molar-refractivity contribution in [1.29, 1.82) is 0 Å². The van der Waals surface area contributed by atoms with E-state index in [-0.39, 0.29) is 0 Å². The summed E-state index contributed by atoms with van der Waals surface area (Å²) in [7, 11) is 0. The fraction of sp³-hybridized carbons (Fsp3) is 0.286. The van der Waals surface area contributed by atoms with Gasteiger partial charge in [0.05, 0.1) is 6.54 Å². The molecule has 0 aliphatic heterocycles. The lowest BCUT2D eigenvalue weighted by atomic mass is 10.2. The SMILES string of the molecule is Brc1ccc(-c2ccc(CNC3CC3)o2)cc1. The predicted molar refractivity (Wildman–Crippen MR) is 71.7 cm³/mol. The Morgan fingerprint density at radius 3 is 2.59 bits per heavy atom. The van der Waals surface area contributed by atoms with Gasteiger partial charge in [0.15, 0.2) is 0 Å². The zero-order valence-electron chi connectivity index (χ0n) is 9.45. The normalized spacial score (nSPS) is 15.1. The summed E-state index contributed by atoms with van der Waals surface area (Å²) in [6.07, 6.45) is 2.61. The molecule has 1 aromatic carbocycles. The highest BCUT2D eigenvalue weighted by molar-refractivity contribution is 9.10. The minimum atomic E-state index is 0.719. The highest BCUT2D eigenvalue weighted by Gasteiger charge is 2.20. The minimum Gasteiger partial charge on any atom is -0.460 e. The molecule has 2 aromatic rings. The van der Waals surface area contributed by atoms with Crippen LogP contribution in [0, 0.1) is 0 Å². The van der Waals surface area contributed by atoms with Gasteiger partial charge in [-0.25, -0.2) is 0 Å². The van der Waals surface area contributed by atoms with Crippen LogP contribution >= 0.6 is 15.9 Å². The average Bonchev–Trinajstić information content (AvgIpc) is 3.06. The fourth-order valence-electron chi connectivity index (χ4n) is 1.77.